The average molecular weight is 400 g/mol. The fraction of sp³-hybridized carbons (Fsp3) is 0.368. The van der Waals surface area contributed by atoms with Crippen LogP contribution in [0.3, 0.4) is 0 Å². The molecule has 1 saturated heterocycles. The number of para-hydroxylation sites is 1. The Morgan fingerprint density at radius 3 is 2.96 bits per heavy atom. The molecule has 1 aromatic heterocycles. The van der Waals surface area contributed by atoms with Gasteiger partial charge >= 0.3 is 0 Å². The summed E-state index contributed by atoms with van der Waals surface area (Å²) >= 11 is 1.32. The molecule has 2 atom stereocenters. The highest BCUT2D eigenvalue weighted by atomic mass is 32.1. The second-order valence-electron chi connectivity index (χ2n) is 6.89. The number of carbonyl (C=O) groups is 3. The van der Waals surface area contributed by atoms with E-state index in [1.54, 1.807) is 36.7 Å². The zero-order valence-electron chi connectivity index (χ0n) is 15.3. The molecule has 146 valence electrons. The van der Waals surface area contributed by atoms with E-state index in [1.807, 2.05) is 6.07 Å². The van der Waals surface area contributed by atoms with Crippen molar-refractivity contribution < 1.29 is 19.1 Å². The SMILES string of the molecule is C[C@@H](C(=O)Nc1nccs1)N1CC[C@@]2(CCC1=O)NC(=O)c1ccccc1O2. The van der Waals surface area contributed by atoms with Gasteiger partial charge in [-0.25, -0.2) is 4.98 Å². The van der Waals surface area contributed by atoms with Crippen LogP contribution >= 0.6 is 11.3 Å². The normalized spacial score (nSPS) is 22.7. The monoisotopic (exact) mass is 400 g/mol. The third-order valence-corrected chi connectivity index (χ3v) is 5.80. The molecule has 8 nitrogen and oxygen atoms in total. The lowest BCUT2D eigenvalue weighted by molar-refractivity contribution is -0.137. The Hall–Kier alpha value is -2.94. The van der Waals surface area contributed by atoms with Crippen molar-refractivity contribution in [2.45, 2.75) is 38.0 Å². The van der Waals surface area contributed by atoms with Crippen molar-refractivity contribution in [3.63, 3.8) is 0 Å². The molecule has 1 fully saturated rings. The molecule has 3 heterocycles. The molecule has 2 aliphatic heterocycles. The number of hydrogen-bond donors (Lipinski definition) is 2. The van der Waals surface area contributed by atoms with Crippen molar-refractivity contribution >= 4 is 34.2 Å². The van der Waals surface area contributed by atoms with Crippen LogP contribution in [0, 0.1) is 0 Å². The molecule has 0 bridgehead atoms. The molecule has 2 aromatic rings. The summed E-state index contributed by atoms with van der Waals surface area (Å²) in [5.41, 5.74) is -0.460. The standard InChI is InChI=1S/C19H20N4O4S/c1-12(16(25)21-18-20-9-11-28-18)23-10-8-19(7-6-15(23)24)22-17(26)13-4-2-3-5-14(13)27-19/h2-5,9,11-12H,6-8,10H2,1H3,(H,22,26)(H,20,21,25)/t12-,19-/m0/s1. The van der Waals surface area contributed by atoms with E-state index in [0.717, 1.165) is 0 Å². The van der Waals surface area contributed by atoms with E-state index in [9.17, 15) is 14.4 Å². The van der Waals surface area contributed by atoms with Crippen molar-refractivity contribution in [2.75, 3.05) is 11.9 Å². The van der Waals surface area contributed by atoms with Crippen LogP contribution in [0.4, 0.5) is 5.13 Å². The highest BCUT2D eigenvalue weighted by molar-refractivity contribution is 7.13. The summed E-state index contributed by atoms with van der Waals surface area (Å²) in [6.07, 6.45) is 2.53. The van der Waals surface area contributed by atoms with Gasteiger partial charge in [-0.2, -0.15) is 0 Å². The lowest BCUT2D eigenvalue weighted by Crippen LogP contribution is -2.56. The van der Waals surface area contributed by atoms with Crippen LogP contribution in [-0.2, 0) is 9.59 Å². The summed E-state index contributed by atoms with van der Waals surface area (Å²) < 4.78 is 6.11. The van der Waals surface area contributed by atoms with Gasteiger partial charge in [-0.3, -0.25) is 14.4 Å². The maximum Gasteiger partial charge on any atom is 0.258 e. The van der Waals surface area contributed by atoms with Crippen LogP contribution in [0.1, 0.15) is 36.5 Å². The first-order valence-electron chi connectivity index (χ1n) is 9.08. The molecule has 1 spiro atoms. The molecule has 9 heteroatoms. The number of rotatable bonds is 3. The number of amides is 3. The summed E-state index contributed by atoms with van der Waals surface area (Å²) in [6, 6.07) is 6.39. The Morgan fingerprint density at radius 2 is 2.18 bits per heavy atom. The van der Waals surface area contributed by atoms with E-state index in [1.165, 1.54) is 16.2 Å². The van der Waals surface area contributed by atoms with Gasteiger partial charge < -0.3 is 20.3 Å². The van der Waals surface area contributed by atoms with Gasteiger partial charge in [-0.15, -0.1) is 11.3 Å². The summed E-state index contributed by atoms with van der Waals surface area (Å²) in [5.74, 6) is -0.132. The van der Waals surface area contributed by atoms with Crippen molar-refractivity contribution in [1.82, 2.24) is 15.2 Å². The number of ether oxygens (including phenoxy) is 1. The number of likely N-dealkylation sites (tertiary alicyclic amines) is 1. The van der Waals surface area contributed by atoms with E-state index in [-0.39, 0.29) is 24.1 Å². The summed E-state index contributed by atoms with van der Waals surface area (Å²) in [5, 5.41) is 7.91. The maximum atomic E-state index is 12.7. The average Bonchev–Trinajstić information content (AvgIpc) is 3.14. The lowest BCUT2D eigenvalue weighted by atomic mass is 10.0. The molecule has 3 amide bonds. The van der Waals surface area contributed by atoms with Crippen LogP contribution in [0.25, 0.3) is 0 Å². The van der Waals surface area contributed by atoms with Gasteiger partial charge in [0.2, 0.25) is 11.8 Å². The quantitative estimate of drug-likeness (QED) is 0.821. The van der Waals surface area contributed by atoms with Crippen molar-refractivity contribution in [2.24, 2.45) is 0 Å². The van der Waals surface area contributed by atoms with Gasteiger partial charge in [0.05, 0.1) is 5.56 Å². The smallest absolute Gasteiger partial charge is 0.258 e. The molecule has 1 aromatic carbocycles. The molecule has 0 saturated carbocycles. The minimum atomic E-state index is -0.943. The van der Waals surface area contributed by atoms with Gasteiger partial charge in [0.1, 0.15) is 11.8 Å². The molecule has 0 radical (unpaired) electrons. The van der Waals surface area contributed by atoms with E-state index >= 15 is 0 Å². The van der Waals surface area contributed by atoms with Gasteiger partial charge in [-0.05, 0) is 19.1 Å². The molecule has 0 aliphatic carbocycles. The predicted octanol–water partition coefficient (Wildman–Crippen LogP) is 2.00. The van der Waals surface area contributed by atoms with Gasteiger partial charge in [-0.1, -0.05) is 12.1 Å². The third kappa shape index (κ3) is 3.45. The van der Waals surface area contributed by atoms with E-state index in [0.29, 0.717) is 35.8 Å². The largest absolute Gasteiger partial charge is 0.467 e. The number of carbonyl (C=O) groups excluding carboxylic acids is 3. The van der Waals surface area contributed by atoms with Crippen LogP contribution < -0.4 is 15.4 Å². The second kappa shape index (κ2) is 7.23. The Balaban J connectivity index is 1.49. The van der Waals surface area contributed by atoms with Crippen molar-refractivity contribution in [3.05, 3.63) is 41.4 Å². The first kappa shape index (κ1) is 18.4. The zero-order chi connectivity index (χ0) is 19.7. The minimum Gasteiger partial charge on any atom is -0.467 e. The number of fused-ring (bicyclic) bond motifs is 1. The highest BCUT2D eigenvalue weighted by Gasteiger charge is 2.43. The lowest BCUT2D eigenvalue weighted by Gasteiger charge is -2.38. The number of nitrogens with one attached hydrogen (secondary N) is 2. The number of hydrogen-bond acceptors (Lipinski definition) is 6. The number of nitrogens with zero attached hydrogens (tertiary/aromatic N) is 2. The summed E-state index contributed by atoms with van der Waals surface area (Å²) in [6.45, 7) is 1.99. The third-order valence-electron chi connectivity index (χ3n) is 5.11. The molecular weight excluding hydrogens is 380 g/mol. The first-order valence-corrected chi connectivity index (χ1v) is 9.96. The molecule has 4 rings (SSSR count). The second-order valence-corrected chi connectivity index (χ2v) is 7.78. The molecule has 28 heavy (non-hydrogen) atoms. The molecule has 2 N–H and O–H groups in total. The van der Waals surface area contributed by atoms with Gasteiger partial charge in [0.15, 0.2) is 10.9 Å². The Kier molecular flexibility index (Phi) is 4.76. The van der Waals surface area contributed by atoms with E-state index < -0.39 is 11.8 Å². The highest BCUT2D eigenvalue weighted by Crippen LogP contribution is 2.34. The van der Waals surface area contributed by atoms with Gasteiger partial charge in [0.25, 0.3) is 5.91 Å². The van der Waals surface area contributed by atoms with Crippen molar-refractivity contribution in [1.29, 1.82) is 0 Å². The Labute approximate surface area is 165 Å². The Bertz CT molecular complexity index is 916. The van der Waals surface area contributed by atoms with Gasteiger partial charge in [0, 0.05) is 37.4 Å². The van der Waals surface area contributed by atoms with E-state index in [2.05, 4.69) is 15.6 Å². The number of anilines is 1. The van der Waals surface area contributed by atoms with Crippen LogP contribution in [0.2, 0.25) is 0 Å². The molecule has 0 unspecified atom stereocenters. The Morgan fingerprint density at radius 1 is 1.36 bits per heavy atom. The zero-order valence-corrected chi connectivity index (χ0v) is 16.1. The van der Waals surface area contributed by atoms with Crippen LogP contribution in [-0.4, -0.2) is 45.9 Å². The minimum absolute atomic E-state index is 0.143. The van der Waals surface area contributed by atoms with E-state index in [4.69, 9.17) is 4.74 Å². The first-order chi connectivity index (χ1) is 13.5. The predicted molar refractivity (Wildman–Crippen MR) is 103 cm³/mol. The number of benzene rings is 1. The topological polar surface area (TPSA) is 101 Å². The summed E-state index contributed by atoms with van der Waals surface area (Å²) in [4.78, 5) is 43.3. The molecular formula is C19H20N4O4S. The fourth-order valence-corrected chi connectivity index (χ4v) is 4.06. The summed E-state index contributed by atoms with van der Waals surface area (Å²) in [7, 11) is 0. The van der Waals surface area contributed by atoms with Crippen LogP contribution in [0.15, 0.2) is 35.8 Å². The number of aromatic nitrogens is 1. The van der Waals surface area contributed by atoms with Crippen LogP contribution in [0.5, 0.6) is 5.75 Å². The molecule has 2 aliphatic rings. The maximum absolute atomic E-state index is 12.7. The number of thiazole rings is 1. The van der Waals surface area contributed by atoms with Crippen molar-refractivity contribution in [3.8, 4) is 5.75 Å². The fourth-order valence-electron chi connectivity index (χ4n) is 3.53.